The van der Waals surface area contributed by atoms with Gasteiger partial charge in [0.1, 0.15) is 0 Å². The molecule has 24 heavy (non-hydrogen) atoms. The molecule has 0 bridgehead atoms. The molecular formula is C19H19N3O2. The minimum Gasteiger partial charge on any atom is -0.461 e. The first kappa shape index (κ1) is 15.9. The second kappa shape index (κ2) is 7.55. The minimum atomic E-state index is -0.453. The second-order valence-corrected chi connectivity index (χ2v) is 5.38. The van der Waals surface area contributed by atoms with Gasteiger partial charge in [-0.15, -0.1) is 0 Å². The Kier molecular flexibility index (Phi) is 5.01. The van der Waals surface area contributed by atoms with Gasteiger partial charge in [0, 0.05) is 6.54 Å². The van der Waals surface area contributed by atoms with Gasteiger partial charge < -0.3 is 10.1 Å². The molecule has 122 valence electrons. The van der Waals surface area contributed by atoms with E-state index in [4.69, 9.17) is 4.74 Å². The standard InChI is InChI=1S/C19H19N3O2/c1-2-12-24-19(23)17-18(20-13-14-8-4-3-5-9-14)22-16-11-7-6-10-15(16)21-17/h3-11H,2,12-13H2,1H3,(H,20,22). The van der Waals surface area contributed by atoms with Crippen LogP contribution in [0.25, 0.3) is 11.0 Å². The molecule has 0 aliphatic rings. The molecule has 0 aliphatic carbocycles. The van der Waals surface area contributed by atoms with E-state index in [-0.39, 0.29) is 5.69 Å². The predicted molar refractivity (Wildman–Crippen MR) is 93.9 cm³/mol. The lowest BCUT2D eigenvalue weighted by Crippen LogP contribution is -2.14. The Bertz CT molecular complexity index is 834. The summed E-state index contributed by atoms with van der Waals surface area (Å²) < 4.78 is 5.24. The lowest BCUT2D eigenvalue weighted by molar-refractivity contribution is 0.0499. The number of aromatic nitrogens is 2. The summed E-state index contributed by atoms with van der Waals surface area (Å²) in [4.78, 5) is 21.3. The van der Waals surface area contributed by atoms with Crippen LogP contribution in [0.4, 0.5) is 5.82 Å². The fourth-order valence-corrected chi connectivity index (χ4v) is 2.31. The van der Waals surface area contributed by atoms with Crippen LogP contribution in [0.5, 0.6) is 0 Å². The summed E-state index contributed by atoms with van der Waals surface area (Å²) in [5.74, 6) is -0.00989. The molecule has 0 spiro atoms. The number of fused-ring (bicyclic) bond motifs is 1. The number of hydrogen-bond acceptors (Lipinski definition) is 5. The Morgan fingerprint density at radius 3 is 2.38 bits per heavy atom. The van der Waals surface area contributed by atoms with Crippen LogP contribution in [0.2, 0.25) is 0 Å². The molecule has 0 fully saturated rings. The van der Waals surface area contributed by atoms with E-state index in [0.717, 1.165) is 17.5 Å². The molecule has 0 unspecified atom stereocenters. The van der Waals surface area contributed by atoms with E-state index in [1.807, 2.05) is 61.5 Å². The van der Waals surface area contributed by atoms with Crippen molar-refractivity contribution < 1.29 is 9.53 Å². The SMILES string of the molecule is CCCOC(=O)c1nc2ccccc2nc1NCc1ccccc1. The molecule has 0 saturated heterocycles. The average Bonchev–Trinajstić information content (AvgIpc) is 2.64. The number of esters is 1. The van der Waals surface area contributed by atoms with E-state index in [2.05, 4.69) is 15.3 Å². The lowest BCUT2D eigenvalue weighted by Gasteiger charge is -2.11. The zero-order valence-electron chi connectivity index (χ0n) is 13.5. The maximum atomic E-state index is 12.3. The molecule has 5 heteroatoms. The molecular weight excluding hydrogens is 302 g/mol. The minimum absolute atomic E-state index is 0.220. The molecule has 0 saturated carbocycles. The maximum Gasteiger partial charge on any atom is 0.360 e. The van der Waals surface area contributed by atoms with Crippen LogP contribution >= 0.6 is 0 Å². The topological polar surface area (TPSA) is 64.1 Å². The smallest absolute Gasteiger partial charge is 0.360 e. The molecule has 0 atom stereocenters. The van der Waals surface area contributed by atoms with Crippen LogP contribution < -0.4 is 5.32 Å². The molecule has 1 N–H and O–H groups in total. The van der Waals surface area contributed by atoms with Crippen molar-refractivity contribution >= 4 is 22.8 Å². The molecule has 0 radical (unpaired) electrons. The average molecular weight is 321 g/mol. The monoisotopic (exact) mass is 321 g/mol. The van der Waals surface area contributed by atoms with Gasteiger partial charge in [0.2, 0.25) is 0 Å². The molecule has 0 amide bonds. The number of nitrogens with zero attached hydrogens (tertiary/aromatic N) is 2. The summed E-state index contributed by atoms with van der Waals surface area (Å²) >= 11 is 0. The van der Waals surface area contributed by atoms with E-state index < -0.39 is 5.97 Å². The highest BCUT2D eigenvalue weighted by Gasteiger charge is 2.17. The van der Waals surface area contributed by atoms with Crippen molar-refractivity contribution in [2.24, 2.45) is 0 Å². The van der Waals surface area contributed by atoms with Crippen molar-refractivity contribution in [1.82, 2.24) is 9.97 Å². The quantitative estimate of drug-likeness (QED) is 0.699. The fraction of sp³-hybridized carbons (Fsp3) is 0.211. The Morgan fingerprint density at radius 1 is 1.00 bits per heavy atom. The van der Waals surface area contributed by atoms with Gasteiger partial charge in [-0.1, -0.05) is 49.4 Å². The van der Waals surface area contributed by atoms with Gasteiger partial charge in [0.05, 0.1) is 17.6 Å². The number of rotatable bonds is 6. The van der Waals surface area contributed by atoms with Crippen LogP contribution in [-0.2, 0) is 11.3 Å². The number of para-hydroxylation sites is 2. The highest BCUT2D eigenvalue weighted by molar-refractivity contribution is 5.95. The first-order chi connectivity index (χ1) is 11.8. The number of carbonyl (C=O) groups excluding carboxylic acids is 1. The van der Waals surface area contributed by atoms with E-state index in [0.29, 0.717) is 24.5 Å². The molecule has 3 aromatic rings. The third-order valence-corrected chi connectivity index (χ3v) is 3.50. The Labute approximate surface area is 140 Å². The van der Waals surface area contributed by atoms with Crippen LogP contribution in [0.15, 0.2) is 54.6 Å². The Balaban J connectivity index is 1.92. The van der Waals surface area contributed by atoms with Gasteiger partial charge in [0.25, 0.3) is 0 Å². The molecule has 1 heterocycles. The largest absolute Gasteiger partial charge is 0.461 e. The molecule has 1 aromatic heterocycles. The van der Waals surface area contributed by atoms with E-state index >= 15 is 0 Å². The highest BCUT2D eigenvalue weighted by atomic mass is 16.5. The third kappa shape index (κ3) is 3.68. The fourth-order valence-electron chi connectivity index (χ4n) is 2.31. The summed E-state index contributed by atoms with van der Waals surface area (Å²) in [6.07, 6.45) is 0.763. The molecule has 0 aliphatic heterocycles. The molecule has 3 rings (SSSR count). The van der Waals surface area contributed by atoms with Crippen molar-refractivity contribution in [3.63, 3.8) is 0 Å². The zero-order valence-corrected chi connectivity index (χ0v) is 13.5. The Hall–Kier alpha value is -2.95. The lowest BCUT2D eigenvalue weighted by atomic mass is 10.2. The number of ether oxygens (including phenoxy) is 1. The van der Waals surface area contributed by atoms with Crippen LogP contribution in [0.3, 0.4) is 0 Å². The van der Waals surface area contributed by atoms with Crippen molar-refractivity contribution in [3.05, 3.63) is 65.9 Å². The highest BCUT2D eigenvalue weighted by Crippen LogP contribution is 2.18. The van der Waals surface area contributed by atoms with Crippen molar-refractivity contribution in [2.75, 3.05) is 11.9 Å². The Morgan fingerprint density at radius 2 is 1.67 bits per heavy atom. The molecule has 2 aromatic carbocycles. The molecule has 5 nitrogen and oxygen atoms in total. The van der Waals surface area contributed by atoms with Gasteiger partial charge in [-0.3, -0.25) is 0 Å². The van der Waals surface area contributed by atoms with Gasteiger partial charge in [-0.2, -0.15) is 0 Å². The first-order valence-corrected chi connectivity index (χ1v) is 7.99. The second-order valence-electron chi connectivity index (χ2n) is 5.38. The predicted octanol–water partition coefficient (Wildman–Crippen LogP) is 3.81. The summed E-state index contributed by atoms with van der Waals surface area (Å²) in [5.41, 5.74) is 2.73. The zero-order chi connectivity index (χ0) is 16.8. The van der Waals surface area contributed by atoms with Gasteiger partial charge in [0.15, 0.2) is 11.5 Å². The third-order valence-electron chi connectivity index (χ3n) is 3.50. The maximum absolute atomic E-state index is 12.3. The van der Waals surface area contributed by atoms with Crippen LogP contribution in [0, 0.1) is 0 Å². The number of anilines is 1. The summed E-state index contributed by atoms with van der Waals surface area (Å²) in [7, 11) is 0. The van der Waals surface area contributed by atoms with Gasteiger partial charge in [-0.05, 0) is 24.1 Å². The van der Waals surface area contributed by atoms with E-state index in [1.165, 1.54) is 0 Å². The van der Waals surface area contributed by atoms with Gasteiger partial charge in [-0.25, -0.2) is 14.8 Å². The van der Waals surface area contributed by atoms with Crippen LogP contribution in [0.1, 0.15) is 29.4 Å². The van der Waals surface area contributed by atoms with Crippen molar-refractivity contribution in [2.45, 2.75) is 19.9 Å². The summed E-state index contributed by atoms with van der Waals surface area (Å²) in [6.45, 7) is 2.88. The van der Waals surface area contributed by atoms with Crippen LogP contribution in [-0.4, -0.2) is 22.5 Å². The van der Waals surface area contributed by atoms with Gasteiger partial charge >= 0.3 is 5.97 Å². The summed E-state index contributed by atoms with van der Waals surface area (Å²) in [6, 6.07) is 17.4. The summed E-state index contributed by atoms with van der Waals surface area (Å²) in [5, 5.41) is 3.20. The normalized spacial score (nSPS) is 10.5. The number of carbonyl (C=O) groups is 1. The number of hydrogen-bond donors (Lipinski definition) is 1. The number of nitrogens with one attached hydrogen (secondary N) is 1. The van der Waals surface area contributed by atoms with E-state index in [1.54, 1.807) is 0 Å². The van der Waals surface area contributed by atoms with Crippen molar-refractivity contribution in [3.8, 4) is 0 Å². The first-order valence-electron chi connectivity index (χ1n) is 7.99. The van der Waals surface area contributed by atoms with Crippen molar-refractivity contribution in [1.29, 1.82) is 0 Å². The number of benzene rings is 2. The van der Waals surface area contributed by atoms with E-state index in [9.17, 15) is 4.79 Å².